The second-order valence-electron chi connectivity index (χ2n) is 4.58. The summed E-state index contributed by atoms with van der Waals surface area (Å²) >= 11 is 0. The van der Waals surface area contributed by atoms with Crippen molar-refractivity contribution in [3.8, 4) is 0 Å². The van der Waals surface area contributed by atoms with Crippen LogP contribution in [0.15, 0.2) is 0 Å². The van der Waals surface area contributed by atoms with Gasteiger partial charge in [0, 0.05) is 32.2 Å². The van der Waals surface area contributed by atoms with Gasteiger partial charge in [-0.15, -0.1) is 0 Å². The predicted octanol–water partition coefficient (Wildman–Crippen LogP) is 0.0937. The lowest BCUT2D eigenvalue weighted by Gasteiger charge is -2.37. The summed E-state index contributed by atoms with van der Waals surface area (Å²) in [5.41, 5.74) is 0. The van der Waals surface area contributed by atoms with Gasteiger partial charge >= 0.3 is 12.2 Å². The van der Waals surface area contributed by atoms with E-state index in [0.29, 0.717) is 6.54 Å². The quantitative estimate of drug-likeness (QED) is 0.763. The number of carbonyl (C=O) groups is 1. The van der Waals surface area contributed by atoms with Gasteiger partial charge in [0.25, 0.3) is 0 Å². The van der Waals surface area contributed by atoms with E-state index >= 15 is 0 Å². The van der Waals surface area contributed by atoms with Gasteiger partial charge in [-0.2, -0.15) is 13.2 Å². The molecule has 8 heteroatoms. The molecule has 0 saturated carbocycles. The Morgan fingerprint density at radius 1 is 1.28 bits per heavy atom. The van der Waals surface area contributed by atoms with Crippen molar-refractivity contribution in [2.45, 2.75) is 12.2 Å². The van der Waals surface area contributed by atoms with Crippen LogP contribution < -0.4 is 10.6 Å². The van der Waals surface area contributed by atoms with E-state index in [1.807, 2.05) is 14.1 Å². The fourth-order valence-electron chi connectivity index (χ4n) is 1.78. The first-order valence-corrected chi connectivity index (χ1v) is 5.75. The zero-order chi connectivity index (χ0) is 13.8. The minimum absolute atomic E-state index is 0.125. The van der Waals surface area contributed by atoms with Crippen molar-refractivity contribution in [3.63, 3.8) is 0 Å². The average Bonchev–Trinajstić information content (AvgIpc) is 2.26. The van der Waals surface area contributed by atoms with Gasteiger partial charge in [-0.3, -0.25) is 4.90 Å². The molecule has 1 rings (SSSR count). The Balaban J connectivity index is 2.25. The Kier molecular flexibility index (Phi) is 5.21. The van der Waals surface area contributed by atoms with Crippen LogP contribution in [-0.4, -0.2) is 74.9 Å². The summed E-state index contributed by atoms with van der Waals surface area (Å²) < 4.78 is 35.6. The van der Waals surface area contributed by atoms with Crippen LogP contribution in [0.25, 0.3) is 0 Å². The number of hydrogen-bond acceptors (Lipinski definition) is 3. The van der Waals surface area contributed by atoms with E-state index in [2.05, 4.69) is 15.1 Å². The van der Waals surface area contributed by atoms with Gasteiger partial charge in [0.2, 0.25) is 0 Å². The summed E-state index contributed by atoms with van der Waals surface area (Å²) in [6.45, 7) is 1.65. The number of piperazine rings is 1. The molecule has 1 fully saturated rings. The molecule has 1 unspecified atom stereocenters. The summed E-state index contributed by atoms with van der Waals surface area (Å²) in [7, 11) is 3.91. The maximum absolute atomic E-state index is 11.9. The second kappa shape index (κ2) is 6.24. The topological polar surface area (TPSA) is 47.6 Å². The lowest BCUT2D eigenvalue weighted by Crippen LogP contribution is -2.55. The number of carbonyl (C=O) groups excluding carboxylic acids is 1. The average molecular weight is 268 g/mol. The van der Waals surface area contributed by atoms with E-state index in [0.717, 1.165) is 19.6 Å². The molecule has 1 saturated heterocycles. The molecule has 1 aliphatic heterocycles. The first-order valence-electron chi connectivity index (χ1n) is 5.75. The highest BCUT2D eigenvalue weighted by Crippen LogP contribution is 2.12. The van der Waals surface area contributed by atoms with E-state index in [4.69, 9.17) is 0 Å². The number of hydrogen-bond donors (Lipinski definition) is 2. The van der Waals surface area contributed by atoms with Crippen LogP contribution in [0.4, 0.5) is 18.0 Å². The van der Waals surface area contributed by atoms with Gasteiger partial charge in [-0.25, -0.2) is 4.79 Å². The Labute approximate surface area is 104 Å². The summed E-state index contributed by atoms with van der Waals surface area (Å²) in [6.07, 6.45) is -4.38. The van der Waals surface area contributed by atoms with Crippen molar-refractivity contribution in [1.29, 1.82) is 0 Å². The number of amides is 2. The minimum atomic E-state index is -4.38. The van der Waals surface area contributed by atoms with Crippen LogP contribution in [0.2, 0.25) is 0 Å². The minimum Gasteiger partial charge on any atom is -0.337 e. The molecule has 0 aromatic heterocycles. The van der Waals surface area contributed by atoms with Gasteiger partial charge in [0.1, 0.15) is 6.54 Å². The standard InChI is InChI=1S/C10H19F3N4O/c1-16-3-4-17(2)8(6-16)5-14-9(18)15-7-10(11,12)13/h8H,3-7H2,1-2H3,(H2,14,15,18). The van der Waals surface area contributed by atoms with Crippen LogP contribution in [-0.2, 0) is 0 Å². The van der Waals surface area contributed by atoms with Crippen molar-refractivity contribution in [1.82, 2.24) is 20.4 Å². The molecule has 1 heterocycles. The fourth-order valence-corrected chi connectivity index (χ4v) is 1.78. The molecule has 1 atom stereocenters. The summed E-state index contributed by atoms with van der Waals surface area (Å²) in [6, 6.07) is -0.658. The first kappa shape index (κ1) is 15.0. The van der Waals surface area contributed by atoms with Crippen molar-refractivity contribution in [3.05, 3.63) is 0 Å². The molecular formula is C10H19F3N4O. The molecule has 0 aromatic carbocycles. The number of nitrogens with one attached hydrogen (secondary N) is 2. The number of likely N-dealkylation sites (N-methyl/N-ethyl adjacent to an activating group) is 2. The highest BCUT2D eigenvalue weighted by Gasteiger charge is 2.28. The van der Waals surface area contributed by atoms with E-state index in [1.165, 1.54) is 0 Å². The Morgan fingerprint density at radius 3 is 2.56 bits per heavy atom. The van der Waals surface area contributed by atoms with E-state index in [9.17, 15) is 18.0 Å². The number of rotatable bonds is 3. The fraction of sp³-hybridized carbons (Fsp3) is 0.900. The first-order chi connectivity index (χ1) is 8.28. The lowest BCUT2D eigenvalue weighted by molar-refractivity contribution is -0.122. The number of nitrogens with zero attached hydrogens (tertiary/aromatic N) is 2. The Bertz CT molecular complexity index is 285. The molecule has 0 bridgehead atoms. The largest absolute Gasteiger partial charge is 0.405 e. The molecule has 2 N–H and O–H groups in total. The third-order valence-corrected chi connectivity index (χ3v) is 2.93. The van der Waals surface area contributed by atoms with Crippen LogP contribution in [0.3, 0.4) is 0 Å². The highest BCUT2D eigenvalue weighted by atomic mass is 19.4. The molecule has 0 radical (unpaired) electrons. The summed E-state index contributed by atoms with van der Waals surface area (Å²) in [4.78, 5) is 15.4. The van der Waals surface area contributed by atoms with Crippen LogP contribution >= 0.6 is 0 Å². The van der Waals surface area contributed by atoms with Crippen LogP contribution in [0.1, 0.15) is 0 Å². The zero-order valence-corrected chi connectivity index (χ0v) is 10.5. The molecule has 1 aliphatic rings. The Morgan fingerprint density at radius 2 is 1.94 bits per heavy atom. The van der Waals surface area contributed by atoms with Gasteiger partial charge < -0.3 is 15.5 Å². The van der Waals surface area contributed by atoms with E-state index < -0.39 is 18.8 Å². The van der Waals surface area contributed by atoms with Crippen molar-refractivity contribution in [2.24, 2.45) is 0 Å². The van der Waals surface area contributed by atoms with Gasteiger partial charge in [-0.05, 0) is 14.1 Å². The number of alkyl halides is 3. The maximum Gasteiger partial charge on any atom is 0.405 e. The molecule has 18 heavy (non-hydrogen) atoms. The Hall–Kier alpha value is -1.02. The number of halogens is 3. The highest BCUT2D eigenvalue weighted by molar-refractivity contribution is 5.73. The zero-order valence-electron chi connectivity index (χ0n) is 10.5. The van der Waals surface area contributed by atoms with E-state index in [1.54, 1.807) is 5.32 Å². The molecule has 5 nitrogen and oxygen atoms in total. The van der Waals surface area contributed by atoms with Gasteiger partial charge in [0.05, 0.1) is 0 Å². The summed E-state index contributed by atoms with van der Waals surface area (Å²) in [5, 5.41) is 4.24. The molecule has 106 valence electrons. The van der Waals surface area contributed by atoms with Gasteiger partial charge in [-0.1, -0.05) is 0 Å². The van der Waals surface area contributed by atoms with Crippen LogP contribution in [0, 0.1) is 0 Å². The molecule has 0 aromatic rings. The predicted molar refractivity (Wildman–Crippen MR) is 61.4 cm³/mol. The molecular weight excluding hydrogens is 249 g/mol. The van der Waals surface area contributed by atoms with Crippen molar-refractivity contribution >= 4 is 6.03 Å². The van der Waals surface area contributed by atoms with Crippen LogP contribution in [0.5, 0.6) is 0 Å². The smallest absolute Gasteiger partial charge is 0.337 e. The summed E-state index contributed by atoms with van der Waals surface area (Å²) in [5.74, 6) is 0. The normalized spacial score (nSPS) is 22.8. The van der Waals surface area contributed by atoms with Gasteiger partial charge in [0.15, 0.2) is 0 Å². The third-order valence-electron chi connectivity index (χ3n) is 2.93. The molecule has 0 aliphatic carbocycles. The van der Waals surface area contributed by atoms with Crippen molar-refractivity contribution < 1.29 is 18.0 Å². The monoisotopic (exact) mass is 268 g/mol. The molecule has 0 spiro atoms. The second-order valence-corrected chi connectivity index (χ2v) is 4.58. The van der Waals surface area contributed by atoms with Crippen molar-refractivity contribution in [2.75, 3.05) is 46.8 Å². The lowest BCUT2D eigenvalue weighted by atomic mass is 10.2. The SMILES string of the molecule is CN1CCN(C)C(CNC(=O)NCC(F)(F)F)C1. The maximum atomic E-state index is 11.9. The molecule has 2 amide bonds. The van der Waals surface area contributed by atoms with E-state index in [-0.39, 0.29) is 6.04 Å². The third kappa shape index (κ3) is 5.54. The number of urea groups is 1.